The predicted octanol–water partition coefficient (Wildman–Crippen LogP) is 3.12. The van der Waals surface area contributed by atoms with E-state index in [0.29, 0.717) is 11.5 Å². The molecule has 0 saturated carbocycles. The molecule has 1 N–H and O–H groups in total. The second-order valence-electron chi connectivity index (χ2n) is 8.75. The molecule has 2 aliphatic rings. The molecule has 4 rings (SSSR count). The van der Waals surface area contributed by atoms with E-state index in [1.807, 2.05) is 18.2 Å². The van der Waals surface area contributed by atoms with Crippen LogP contribution in [0, 0.1) is 0 Å². The molecule has 0 bridgehead atoms. The minimum absolute atomic E-state index is 0.0360. The van der Waals surface area contributed by atoms with Crippen LogP contribution in [0.2, 0.25) is 0 Å². The topological polar surface area (TPSA) is 77.1 Å². The lowest BCUT2D eigenvalue weighted by atomic mass is 9.86. The van der Waals surface area contributed by atoms with E-state index < -0.39 is 15.3 Å². The van der Waals surface area contributed by atoms with Gasteiger partial charge in [0.1, 0.15) is 5.25 Å². The van der Waals surface area contributed by atoms with Crippen LogP contribution in [0.4, 0.5) is 0 Å². The molecule has 0 aromatic heterocycles. The highest BCUT2D eigenvalue weighted by molar-refractivity contribution is 7.90. The lowest BCUT2D eigenvalue weighted by molar-refractivity contribution is -0.110. The molecule has 7 nitrogen and oxygen atoms in total. The molecule has 2 atom stereocenters. The van der Waals surface area contributed by atoms with Gasteiger partial charge < -0.3 is 9.47 Å². The van der Waals surface area contributed by atoms with Gasteiger partial charge in [-0.25, -0.2) is 13.1 Å². The zero-order chi connectivity index (χ0) is 21.5. The normalized spacial score (nSPS) is 21.9. The van der Waals surface area contributed by atoms with Gasteiger partial charge in [0.05, 0.1) is 12.6 Å². The van der Waals surface area contributed by atoms with E-state index in [4.69, 9.17) is 14.3 Å². The summed E-state index contributed by atoms with van der Waals surface area (Å²) in [5, 5.41) is 0.924. The van der Waals surface area contributed by atoms with Crippen molar-refractivity contribution in [1.82, 2.24) is 9.79 Å². The number of ether oxygens (including phenoxy) is 2. The Morgan fingerprint density at radius 1 is 1.07 bits per heavy atom. The molecule has 2 aromatic carbocycles. The van der Waals surface area contributed by atoms with E-state index in [0.717, 1.165) is 11.1 Å². The summed E-state index contributed by atoms with van der Waals surface area (Å²) in [6.45, 7) is 6.93. The van der Waals surface area contributed by atoms with Crippen LogP contribution < -0.4 is 14.2 Å². The maximum absolute atomic E-state index is 13.1. The first-order chi connectivity index (χ1) is 14.1. The SMILES string of the molecule is CN1OCC(S(=O)(=O)NCc2ccc3c(c2)OCO3)C1c1ccc(C(C)(C)C)cc1. The molecule has 2 heterocycles. The van der Waals surface area contributed by atoms with Crippen molar-refractivity contribution in [2.75, 3.05) is 20.4 Å². The summed E-state index contributed by atoms with van der Waals surface area (Å²) < 4.78 is 39.6. The van der Waals surface area contributed by atoms with Gasteiger partial charge >= 0.3 is 0 Å². The van der Waals surface area contributed by atoms with Crippen LogP contribution in [0.5, 0.6) is 11.5 Å². The number of nitrogens with one attached hydrogen (secondary N) is 1. The molecule has 162 valence electrons. The Morgan fingerprint density at radius 3 is 2.47 bits per heavy atom. The van der Waals surface area contributed by atoms with Gasteiger partial charge in [-0.1, -0.05) is 51.1 Å². The van der Waals surface area contributed by atoms with Crippen molar-refractivity contribution in [2.45, 2.75) is 44.0 Å². The van der Waals surface area contributed by atoms with Crippen LogP contribution in [0.15, 0.2) is 42.5 Å². The summed E-state index contributed by atoms with van der Waals surface area (Å²) in [4.78, 5) is 5.61. The quantitative estimate of drug-likeness (QED) is 0.782. The van der Waals surface area contributed by atoms with E-state index >= 15 is 0 Å². The fourth-order valence-electron chi connectivity index (χ4n) is 3.80. The third kappa shape index (κ3) is 4.18. The molecule has 30 heavy (non-hydrogen) atoms. The molecule has 8 heteroatoms. The van der Waals surface area contributed by atoms with Gasteiger partial charge in [0.15, 0.2) is 11.5 Å². The highest BCUT2D eigenvalue weighted by Crippen LogP contribution is 2.35. The Bertz CT molecular complexity index is 1010. The average molecular weight is 433 g/mol. The van der Waals surface area contributed by atoms with E-state index in [1.54, 1.807) is 24.2 Å². The molecule has 0 spiro atoms. The zero-order valence-corrected chi connectivity index (χ0v) is 18.5. The number of benzene rings is 2. The third-order valence-corrected chi connectivity index (χ3v) is 7.36. The molecule has 2 unspecified atom stereocenters. The molecule has 2 aliphatic heterocycles. The lowest BCUT2D eigenvalue weighted by Gasteiger charge is -2.25. The molecular formula is C22H28N2O5S. The van der Waals surface area contributed by atoms with Crippen LogP contribution in [0.25, 0.3) is 0 Å². The van der Waals surface area contributed by atoms with E-state index in [-0.39, 0.29) is 31.4 Å². The maximum atomic E-state index is 13.1. The highest BCUT2D eigenvalue weighted by atomic mass is 32.2. The monoisotopic (exact) mass is 432 g/mol. The Labute approximate surface area is 177 Å². The Morgan fingerprint density at radius 2 is 1.77 bits per heavy atom. The van der Waals surface area contributed by atoms with Crippen LogP contribution in [-0.2, 0) is 26.8 Å². The molecule has 0 amide bonds. The fraction of sp³-hybridized carbons (Fsp3) is 0.455. The van der Waals surface area contributed by atoms with Gasteiger partial charge in [0.25, 0.3) is 0 Å². The third-order valence-electron chi connectivity index (χ3n) is 5.62. The van der Waals surface area contributed by atoms with Crippen molar-refractivity contribution in [3.05, 3.63) is 59.2 Å². The number of hydrogen-bond donors (Lipinski definition) is 1. The lowest BCUT2D eigenvalue weighted by Crippen LogP contribution is -2.39. The number of sulfonamides is 1. The van der Waals surface area contributed by atoms with Gasteiger partial charge in [-0.2, -0.15) is 5.06 Å². The second-order valence-corrected chi connectivity index (χ2v) is 10.7. The number of hydroxylamine groups is 2. The minimum Gasteiger partial charge on any atom is -0.454 e. The Kier molecular flexibility index (Phi) is 5.52. The molecule has 1 fully saturated rings. The summed E-state index contributed by atoms with van der Waals surface area (Å²) >= 11 is 0. The van der Waals surface area contributed by atoms with Crippen LogP contribution >= 0.6 is 0 Å². The van der Waals surface area contributed by atoms with E-state index in [2.05, 4.69) is 37.6 Å². The molecule has 0 aliphatic carbocycles. The summed E-state index contributed by atoms with van der Waals surface area (Å²) in [7, 11) is -1.86. The van der Waals surface area contributed by atoms with Crippen LogP contribution in [-0.4, -0.2) is 39.2 Å². The molecular weight excluding hydrogens is 404 g/mol. The van der Waals surface area contributed by atoms with Gasteiger partial charge in [0.2, 0.25) is 16.8 Å². The largest absolute Gasteiger partial charge is 0.454 e. The average Bonchev–Trinajstić information content (AvgIpc) is 3.32. The van der Waals surface area contributed by atoms with Crippen LogP contribution in [0.3, 0.4) is 0 Å². The summed E-state index contributed by atoms with van der Waals surface area (Å²) in [5.74, 6) is 1.30. The fourth-order valence-corrected chi connectivity index (χ4v) is 5.29. The van der Waals surface area contributed by atoms with Gasteiger partial charge in [-0.05, 0) is 34.2 Å². The number of nitrogens with zero attached hydrogens (tertiary/aromatic N) is 1. The van der Waals surface area contributed by atoms with Crippen molar-refractivity contribution in [1.29, 1.82) is 0 Å². The van der Waals surface area contributed by atoms with Gasteiger partial charge in [0, 0.05) is 13.6 Å². The summed E-state index contributed by atoms with van der Waals surface area (Å²) in [6, 6.07) is 13.1. The Hall–Kier alpha value is -2.13. The number of hydrogen-bond acceptors (Lipinski definition) is 6. The first-order valence-electron chi connectivity index (χ1n) is 9.98. The van der Waals surface area contributed by atoms with Crippen molar-refractivity contribution in [2.24, 2.45) is 0 Å². The maximum Gasteiger partial charge on any atom is 0.231 e. The zero-order valence-electron chi connectivity index (χ0n) is 17.7. The second kappa shape index (κ2) is 7.85. The first kappa shape index (κ1) is 21.1. The summed E-state index contributed by atoms with van der Waals surface area (Å²) in [6.07, 6.45) is 0. The molecule has 1 saturated heterocycles. The van der Waals surface area contributed by atoms with Crippen molar-refractivity contribution >= 4 is 10.0 Å². The Balaban J connectivity index is 1.51. The number of fused-ring (bicyclic) bond motifs is 1. The first-order valence-corrected chi connectivity index (χ1v) is 11.5. The van der Waals surface area contributed by atoms with Gasteiger partial charge in [-0.3, -0.25) is 4.84 Å². The van der Waals surface area contributed by atoms with Crippen molar-refractivity contribution in [3.8, 4) is 11.5 Å². The summed E-state index contributed by atoms with van der Waals surface area (Å²) in [5.41, 5.74) is 2.96. The van der Waals surface area contributed by atoms with Crippen molar-refractivity contribution in [3.63, 3.8) is 0 Å². The van der Waals surface area contributed by atoms with Crippen molar-refractivity contribution < 1.29 is 22.7 Å². The van der Waals surface area contributed by atoms with Crippen LogP contribution in [0.1, 0.15) is 43.5 Å². The predicted molar refractivity (Wildman–Crippen MR) is 114 cm³/mol. The van der Waals surface area contributed by atoms with Gasteiger partial charge in [-0.15, -0.1) is 0 Å². The smallest absolute Gasteiger partial charge is 0.231 e. The number of rotatable bonds is 5. The van der Waals surface area contributed by atoms with E-state index in [9.17, 15) is 8.42 Å². The minimum atomic E-state index is -3.63. The highest BCUT2D eigenvalue weighted by Gasteiger charge is 2.43. The molecule has 2 aromatic rings. The standard InChI is InChI=1S/C22H28N2O5S/c1-22(2,3)17-8-6-16(7-9-17)21-20(13-29-24(21)4)30(25,26)23-12-15-5-10-18-19(11-15)28-14-27-18/h5-11,20-21,23H,12-14H2,1-4H3. The van der Waals surface area contributed by atoms with E-state index in [1.165, 1.54) is 5.56 Å². The molecule has 0 radical (unpaired) electrons.